The van der Waals surface area contributed by atoms with Gasteiger partial charge in [0.1, 0.15) is 0 Å². The summed E-state index contributed by atoms with van der Waals surface area (Å²) in [5.41, 5.74) is 1.16. The number of nitro groups is 1. The Morgan fingerprint density at radius 3 is 2.47 bits per heavy atom. The SMILES string of the molecule is CCOC(=O)c1ccc(CNC(=O)C[N+](=O)[O-])cc1. The molecule has 0 heterocycles. The van der Waals surface area contributed by atoms with Crippen LogP contribution in [0.4, 0.5) is 0 Å². The van der Waals surface area contributed by atoms with E-state index < -0.39 is 23.3 Å². The summed E-state index contributed by atoms with van der Waals surface area (Å²) < 4.78 is 4.83. The van der Waals surface area contributed by atoms with Crippen molar-refractivity contribution in [1.82, 2.24) is 5.32 Å². The van der Waals surface area contributed by atoms with Crippen LogP contribution in [0.1, 0.15) is 22.8 Å². The van der Waals surface area contributed by atoms with Crippen LogP contribution >= 0.6 is 0 Å². The number of ether oxygens (including phenoxy) is 1. The summed E-state index contributed by atoms with van der Waals surface area (Å²) >= 11 is 0. The highest BCUT2D eigenvalue weighted by Gasteiger charge is 2.09. The standard InChI is InChI=1S/C12H14N2O5/c1-2-19-12(16)10-5-3-9(4-6-10)7-13-11(15)8-14(17)18/h3-6H,2,7-8H2,1H3,(H,13,15). The number of carbonyl (C=O) groups is 2. The molecule has 19 heavy (non-hydrogen) atoms. The Bertz CT molecular complexity index is 470. The highest BCUT2D eigenvalue weighted by atomic mass is 16.6. The number of nitrogens with one attached hydrogen (secondary N) is 1. The van der Waals surface area contributed by atoms with Crippen molar-refractivity contribution in [3.63, 3.8) is 0 Å². The molecule has 1 amide bonds. The monoisotopic (exact) mass is 266 g/mol. The van der Waals surface area contributed by atoms with Gasteiger partial charge in [0.15, 0.2) is 0 Å². The number of carbonyl (C=O) groups excluding carboxylic acids is 2. The van der Waals surface area contributed by atoms with Crippen LogP contribution in [-0.4, -0.2) is 30.0 Å². The van der Waals surface area contributed by atoms with Crippen LogP contribution < -0.4 is 5.32 Å². The van der Waals surface area contributed by atoms with E-state index in [9.17, 15) is 19.7 Å². The molecule has 0 aliphatic rings. The van der Waals surface area contributed by atoms with E-state index in [-0.39, 0.29) is 6.54 Å². The molecule has 1 N–H and O–H groups in total. The Kier molecular flexibility index (Phi) is 5.46. The van der Waals surface area contributed by atoms with Gasteiger partial charge in [-0.2, -0.15) is 0 Å². The van der Waals surface area contributed by atoms with E-state index in [2.05, 4.69) is 5.32 Å². The fourth-order valence-electron chi connectivity index (χ4n) is 1.35. The first-order chi connectivity index (χ1) is 9.02. The van der Waals surface area contributed by atoms with E-state index in [0.717, 1.165) is 5.56 Å². The van der Waals surface area contributed by atoms with E-state index >= 15 is 0 Å². The summed E-state index contributed by atoms with van der Waals surface area (Å²) in [4.78, 5) is 31.8. The summed E-state index contributed by atoms with van der Waals surface area (Å²) in [7, 11) is 0. The molecule has 1 rings (SSSR count). The van der Waals surface area contributed by atoms with E-state index in [1.807, 2.05) is 0 Å². The number of hydrogen-bond acceptors (Lipinski definition) is 5. The second-order valence-electron chi connectivity index (χ2n) is 3.68. The summed E-state index contributed by atoms with van der Waals surface area (Å²) in [6.07, 6.45) is 0. The Hall–Kier alpha value is -2.44. The van der Waals surface area contributed by atoms with Gasteiger partial charge in [-0.05, 0) is 24.6 Å². The van der Waals surface area contributed by atoms with Gasteiger partial charge < -0.3 is 10.1 Å². The molecular weight excluding hydrogens is 252 g/mol. The number of hydrogen-bond donors (Lipinski definition) is 1. The fourth-order valence-corrected chi connectivity index (χ4v) is 1.35. The molecule has 0 spiro atoms. The molecule has 102 valence electrons. The summed E-state index contributed by atoms with van der Waals surface area (Å²) in [6.45, 7) is 1.45. The molecule has 0 atom stereocenters. The van der Waals surface area contributed by atoms with Gasteiger partial charge in [-0.25, -0.2) is 4.79 Å². The predicted molar refractivity (Wildman–Crippen MR) is 66.1 cm³/mol. The molecule has 0 aromatic heterocycles. The van der Waals surface area contributed by atoms with Crippen LogP contribution in [0.2, 0.25) is 0 Å². The Morgan fingerprint density at radius 1 is 1.32 bits per heavy atom. The normalized spacial score (nSPS) is 9.74. The van der Waals surface area contributed by atoms with Crippen molar-refractivity contribution in [2.45, 2.75) is 13.5 Å². The first-order valence-corrected chi connectivity index (χ1v) is 5.67. The summed E-state index contributed by atoms with van der Waals surface area (Å²) in [5, 5.41) is 12.5. The van der Waals surface area contributed by atoms with Gasteiger partial charge in [-0.1, -0.05) is 12.1 Å². The van der Waals surface area contributed by atoms with Crippen molar-refractivity contribution >= 4 is 11.9 Å². The predicted octanol–water partition coefficient (Wildman–Crippen LogP) is 0.756. The lowest BCUT2D eigenvalue weighted by molar-refractivity contribution is -0.467. The minimum atomic E-state index is -0.749. The maximum Gasteiger partial charge on any atom is 0.338 e. The minimum absolute atomic E-state index is 0.176. The zero-order chi connectivity index (χ0) is 14.3. The van der Waals surface area contributed by atoms with E-state index in [4.69, 9.17) is 4.74 Å². The van der Waals surface area contributed by atoms with Gasteiger partial charge in [-0.3, -0.25) is 14.9 Å². The van der Waals surface area contributed by atoms with E-state index in [1.54, 1.807) is 31.2 Å². The average molecular weight is 266 g/mol. The molecule has 0 radical (unpaired) electrons. The zero-order valence-electron chi connectivity index (χ0n) is 10.4. The molecule has 0 unspecified atom stereocenters. The van der Waals surface area contributed by atoms with Crippen LogP contribution in [0.25, 0.3) is 0 Å². The molecule has 0 bridgehead atoms. The number of rotatable bonds is 6. The van der Waals surface area contributed by atoms with Crippen LogP contribution in [0.3, 0.4) is 0 Å². The average Bonchev–Trinajstić information content (AvgIpc) is 2.36. The highest BCUT2D eigenvalue weighted by molar-refractivity contribution is 5.89. The number of amides is 1. The first kappa shape index (κ1) is 14.6. The van der Waals surface area contributed by atoms with Gasteiger partial charge in [0.05, 0.1) is 12.2 Å². The van der Waals surface area contributed by atoms with Gasteiger partial charge in [0.2, 0.25) is 0 Å². The lowest BCUT2D eigenvalue weighted by Gasteiger charge is -2.05. The molecule has 1 aromatic carbocycles. The molecule has 0 saturated heterocycles. The van der Waals surface area contributed by atoms with Crippen molar-refractivity contribution < 1.29 is 19.2 Å². The molecule has 7 heteroatoms. The van der Waals surface area contributed by atoms with E-state index in [1.165, 1.54) is 0 Å². The molecule has 0 saturated carbocycles. The molecular formula is C12H14N2O5. The zero-order valence-corrected chi connectivity index (χ0v) is 10.4. The molecule has 7 nitrogen and oxygen atoms in total. The third-order valence-corrected chi connectivity index (χ3v) is 2.23. The van der Waals surface area contributed by atoms with Crippen LogP contribution in [0, 0.1) is 10.1 Å². The van der Waals surface area contributed by atoms with Crippen molar-refractivity contribution in [3.8, 4) is 0 Å². The van der Waals surface area contributed by atoms with Crippen LogP contribution in [0.5, 0.6) is 0 Å². The second-order valence-corrected chi connectivity index (χ2v) is 3.68. The van der Waals surface area contributed by atoms with Crippen molar-refractivity contribution in [3.05, 3.63) is 45.5 Å². The summed E-state index contributed by atoms with van der Waals surface area (Å²) in [5.74, 6) is -1.06. The number of esters is 1. The topological polar surface area (TPSA) is 98.5 Å². The highest BCUT2D eigenvalue weighted by Crippen LogP contribution is 2.05. The molecule has 1 aromatic rings. The van der Waals surface area contributed by atoms with Crippen molar-refractivity contribution in [2.75, 3.05) is 13.2 Å². The molecule has 0 fully saturated rings. The lowest BCUT2D eigenvalue weighted by atomic mass is 10.1. The largest absolute Gasteiger partial charge is 0.462 e. The van der Waals surface area contributed by atoms with Gasteiger partial charge in [-0.15, -0.1) is 0 Å². The Morgan fingerprint density at radius 2 is 1.95 bits per heavy atom. The Labute approximate surface area is 109 Å². The fraction of sp³-hybridized carbons (Fsp3) is 0.333. The lowest BCUT2D eigenvalue weighted by Crippen LogP contribution is -2.29. The van der Waals surface area contributed by atoms with E-state index in [0.29, 0.717) is 12.2 Å². The first-order valence-electron chi connectivity index (χ1n) is 5.67. The molecule has 0 aliphatic heterocycles. The Balaban J connectivity index is 2.50. The smallest absolute Gasteiger partial charge is 0.338 e. The van der Waals surface area contributed by atoms with Gasteiger partial charge in [0, 0.05) is 11.5 Å². The molecule has 0 aliphatic carbocycles. The quantitative estimate of drug-likeness (QED) is 0.465. The third-order valence-electron chi connectivity index (χ3n) is 2.23. The number of nitrogens with zero attached hydrogens (tertiary/aromatic N) is 1. The number of benzene rings is 1. The second kappa shape index (κ2) is 7.10. The van der Waals surface area contributed by atoms with Gasteiger partial charge >= 0.3 is 5.97 Å². The van der Waals surface area contributed by atoms with Crippen LogP contribution in [0.15, 0.2) is 24.3 Å². The van der Waals surface area contributed by atoms with Crippen molar-refractivity contribution in [1.29, 1.82) is 0 Å². The minimum Gasteiger partial charge on any atom is -0.462 e. The van der Waals surface area contributed by atoms with Crippen LogP contribution in [-0.2, 0) is 16.1 Å². The summed E-state index contributed by atoms with van der Waals surface area (Å²) in [6, 6.07) is 6.46. The van der Waals surface area contributed by atoms with Crippen molar-refractivity contribution in [2.24, 2.45) is 0 Å². The maximum absolute atomic E-state index is 11.4. The van der Waals surface area contributed by atoms with Gasteiger partial charge in [0.25, 0.3) is 12.5 Å². The third kappa shape index (κ3) is 5.15. The maximum atomic E-state index is 11.4.